The summed E-state index contributed by atoms with van der Waals surface area (Å²) in [4.78, 5) is 53.4. The average Bonchev–Trinajstić information content (AvgIpc) is 2.84. The third-order valence-corrected chi connectivity index (χ3v) is 4.68. The van der Waals surface area contributed by atoms with E-state index >= 15 is 0 Å². The lowest BCUT2D eigenvalue weighted by Gasteiger charge is -2.31. The SMILES string of the molecule is CC(C)[C@@H](C(=O)N[C@@H](C(=O)N(C)C)C(C)C)N1C(=O)c2ccccc2C1=O. The molecule has 7 nitrogen and oxygen atoms in total. The van der Waals surface area contributed by atoms with Crippen LogP contribution in [0.1, 0.15) is 48.4 Å². The third kappa shape index (κ3) is 3.86. The Hall–Kier alpha value is -2.70. The second kappa shape index (κ2) is 7.90. The zero-order valence-corrected chi connectivity index (χ0v) is 16.6. The standard InChI is InChI=1S/C20H27N3O4/c1-11(2)15(20(27)22(5)6)21-17(24)16(12(3)4)23-18(25)13-9-7-8-10-14(13)19(23)26/h7-12,15-16H,1-6H3,(H,21,24)/t15-,16+/m1/s1. The van der Waals surface area contributed by atoms with Crippen LogP contribution in [0, 0.1) is 11.8 Å². The van der Waals surface area contributed by atoms with E-state index < -0.39 is 29.8 Å². The van der Waals surface area contributed by atoms with Gasteiger partial charge in [0.1, 0.15) is 12.1 Å². The van der Waals surface area contributed by atoms with Gasteiger partial charge in [-0.05, 0) is 24.0 Å². The number of nitrogens with one attached hydrogen (secondary N) is 1. The first kappa shape index (κ1) is 20.6. The molecule has 0 unspecified atom stereocenters. The van der Waals surface area contributed by atoms with Crippen molar-refractivity contribution in [1.82, 2.24) is 15.1 Å². The number of fused-ring (bicyclic) bond motifs is 1. The summed E-state index contributed by atoms with van der Waals surface area (Å²) in [5, 5.41) is 2.75. The summed E-state index contributed by atoms with van der Waals surface area (Å²) in [7, 11) is 3.24. The number of carbonyl (C=O) groups is 4. The van der Waals surface area contributed by atoms with E-state index in [0.29, 0.717) is 11.1 Å². The molecule has 0 bridgehead atoms. The predicted octanol–water partition coefficient (Wildman–Crippen LogP) is 1.54. The van der Waals surface area contributed by atoms with E-state index in [1.54, 1.807) is 52.2 Å². The Kier molecular flexibility index (Phi) is 6.03. The fraction of sp³-hybridized carbons (Fsp3) is 0.500. The molecule has 4 amide bonds. The molecule has 146 valence electrons. The number of carbonyl (C=O) groups excluding carboxylic acids is 4. The lowest BCUT2D eigenvalue weighted by molar-refractivity contribution is -0.137. The number of nitrogens with zero attached hydrogens (tertiary/aromatic N) is 2. The number of hydrogen-bond donors (Lipinski definition) is 1. The lowest BCUT2D eigenvalue weighted by atomic mass is 9.98. The van der Waals surface area contributed by atoms with Gasteiger partial charge in [-0.2, -0.15) is 0 Å². The molecule has 1 heterocycles. The first-order valence-corrected chi connectivity index (χ1v) is 9.06. The normalized spacial score (nSPS) is 15.8. The van der Waals surface area contributed by atoms with Gasteiger partial charge in [0.2, 0.25) is 11.8 Å². The maximum absolute atomic E-state index is 13.0. The average molecular weight is 373 g/mol. The van der Waals surface area contributed by atoms with Crippen molar-refractivity contribution in [2.24, 2.45) is 11.8 Å². The number of imide groups is 1. The van der Waals surface area contributed by atoms with Crippen LogP contribution in [0.3, 0.4) is 0 Å². The van der Waals surface area contributed by atoms with Crippen LogP contribution in [0.25, 0.3) is 0 Å². The molecule has 0 radical (unpaired) electrons. The van der Waals surface area contributed by atoms with Crippen molar-refractivity contribution in [3.63, 3.8) is 0 Å². The van der Waals surface area contributed by atoms with Crippen molar-refractivity contribution < 1.29 is 19.2 Å². The smallest absolute Gasteiger partial charge is 0.262 e. The molecule has 1 aromatic rings. The number of benzene rings is 1. The number of likely N-dealkylation sites (N-methyl/N-ethyl adjacent to an activating group) is 1. The Balaban J connectivity index is 2.33. The highest BCUT2D eigenvalue weighted by Crippen LogP contribution is 2.27. The molecule has 0 aromatic heterocycles. The number of rotatable bonds is 6. The van der Waals surface area contributed by atoms with Crippen molar-refractivity contribution in [2.45, 2.75) is 39.8 Å². The molecule has 0 saturated carbocycles. The summed E-state index contributed by atoms with van der Waals surface area (Å²) in [6, 6.07) is 4.80. The topological polar surface area (TPSA) is 86.8 Å². The Morgan fingerprint density at radius 1 is 0.926 bits per heavy atom. The van der Waals surface area contributed by atoms with Crippen LogP contribution in [0.4, 0.5) is 0 Å². The van der Waals surface area contributed by atoms with Gasteiger partial charge in [-0.3, -0.25) is 24.1 Å². The maximum Gasteiger partial charge on any atom is 0.262 e. The van der Waals surface area contributed by atoms with Crippen molar-refractivity contribution >= 4 is 23.6 Å². The molecule has 0 fully saturated rings. The van der Waals surface area contributed by atoms with Gasteiger partial charge in [0, 0.05) is 14.1 Å². The fourth-order valence-corrected chi connectivity index (χ4v) is 3.21. The van der Waals surface area contributed by atoms with E-state index in [4.69, 9.17) is 0 Å². The molecular formula is C20H27N3O4. The summed E-state index contributed by atoms with van der Waals surface area (Å²) in [5.74, 6) is -2.15. The minimum atomic E-state index is -0.992. The Bertz CT molecular complexity index is 735. The van der Waals surface area contributed by atoms with Crippen molar-refractivity contribution in [3.05, 3.63) is 35.4 Å². The van der Waals surface area contributed by atoms with Gasteiger partial charge in [0.25, 0.3) is 11.8 Å². The van der Waals surface area contributed by atoms with E-state index in [2.05, 4.69) is 5.32 Å². The quantitative estimate of drug-likeness (QED) is 0.766. The van der Waals surface area contributed by atoms with Crippen LogP contribution in [0.5, 0.6) is 0 Å². The van der Waals surface area contributed by atoms with Crippen LogP contribution in [-0.4, -0.2) is 59.6 Å². The van der Waals surface area contributed by atoms with E-state index in [-0.39, 0.29) is 17.7 Å². The molecule has 0 aliphatic carbocycles. The molecule has 0 spiro atoms. The molecule has 1 N–H and O–H groups in total. The predicted molar refractivity (Wildman–Crippen MR) is 101 cm³/mol. The summed E-state index contributed by atoms with van der Waals surface area (Å²) in [5.41, 5.74) is 0.594. The summed E-state index contributed by atoms with van der Waals surface area (Å²) in [6.07, 6.45) is 0. The van der Waals surface area contributed by atoms with Crippen LogP contribution >= 0.6 is 0 Å². The summed E-state index contributed by atoms with van der Waals surface area (Å²) in [6.45, 7) is 7.20. The van der Waals surface area contributed by atoms with Crippen LogP contribution in [0.2, 0.25) is 0 Å². The Morgan fingerprint density at radius 2 is 1.41 bits per heavy atom. The molecule has 27 heavy (non-hydrogen) atoms. The van der Waals surface area contributed by atoms with Crippen LogP contribution in [0.15, 0.2) is 24.3 Å². The van der Waals surface area contributed by atoms with Crippen molar-refractivity contribution in [1.29, 1.82) is 0 Å². The largest absolute Gasteiger partial charge is 0.347 e. The zero-order chi connectivity index (χ0) is 20.5. The Morgan fingerprint density at radius 3 is 1.78 bits per heavy atom. The van der Waals surface area contributed by atoms with Crippen LogP contribution < -0.4 is 5.32 Å². The first-order chi connectivity index (χ1) is 12.6. The third-order valence-electron chi connectivity index (χ3n) is 4.68. The highest BCUT2D eigenvalue weighted by atomic mass is 16.2. The molecule has 1 aliphatic rings. The van der Waals surface area contributed by atoms with E-state index in [1.807, 2.05) is 13.8 Å². The zero-order valence-electron chi connectivity index (χ0n) is 16.6. The second-order valence-corrected chi connectivity index (χ2v) is 7.68. The molecule has 2 rings (SSSR count). The molecule has 1 aliphatic heterocycles. The molecule has 7 heteroatoms. The number of amides is 4. The van der Waals surface area contributed by atoms with E-state index in [1.165, 1.54) is 4.90 Å². The molecule has 2 atom stereocenters. The van der Waals surface area contributed by atoms with Gasteiger partial charge in [-0.1, -0.05) is 39.8 Å². The van der Waals surface area contributed by atoms with Gasteiger partial charge < -0.3 is 10.2 Å². The minimum Gasteiger partial charge on any atom is -0.347 e. The van der Waals surface area contributed by atoms with Gasteiger partial charge in [-0.15, -0.1) is 0 Å². The highest BCUT2D eigenvalue weighted by Gasteiger charge is 2.44. The van der Waals surface area contributed by atoms with E-state index in [0.717, 1.165) is 4.90 Å². The van der Waals surface area contributed by atoms with Crippen molar-refractivity contribution in [3.8, 4) is 0 Å². The van der Waals surface area contributed by atoms with Gasteiger partial charge in [0.15, 0.2) is 0 Å². The lowest BCUT2D eigenvalue weighted by Crippen LogP contribution is -2.57. The molecule has 0 saturated heterocycles. The maximum atomic E-state index is 13.0. The highest BCUT2D eigenvalue weighted by molar-refractivity contribution is 6.22. The van der Waals surface area contributed by atoms with Crippen molar-refractivity contribution in [2.75, 3.05) is 14.1 Å². The molecule has 1 aromatic carbocycles. The van der Waals surface area contributed by atoms with Gasteiger partial charge >= 0.3 is 0 Å². The molecular weight excluding hydrogens is 346 g/mol. The minimum absolute atomic E-state index is 0.140. The monoisotopic (exact) mass is 373 g/mol. The summed E-state index contributed by atoms with van der Waals surface area (Å²) < 4.78 is 0. The van der Waals surface area contributed by atoms with E-state index in [9.17, 15) is 19.2 Å². The first-order valence-electron chi connectivity index (χ1n) is 9.06. The van der Waals surface area contributed by atoms with Gasteiger partial charge in [0.05, 0.1) is 11.1 Å². The fourth-order valence-electron chi connectivity index (χ4n) is 3.21. The number of hydrogen-bond acceptors (Lipinski definition) is 4. The summed E-state index contributed by atoms with van der Waals surface area (Å²) >= 11 is 0. The van der Waals surface area contributed by atoms with Gasteiger partial charge in [-0.25, -0.2) is 0 Å². The van der Waals surface area contributed by atoms with Crippen LogP contribution in [-0.2, 0) is 9.59 Å². The second-order valence-electron chi connectivity index (χ2n) is 7.68. The Labute approximate surface area is 159 Å².